The van der Waals surface area contributed by atoms with E-state index in [9.17, 15) is 9.18 Å². The Hall–Kier alpha value is -2.56. The fourth-order valence-corrected chi connectivity index (χ4v) is 1.70. The summed E-state index contributed by atoms with van der Waals surface area (Å²) in [5.41, 5.74) is 13.3. The van der Waals surface area contributed by atoms with Gasteiger partial charge in [-0.25, -0.2) is 4.39 Å². The van der Waals surface area contributed by atoms with Gasteiger partial charge in [0.15, 0.2) is 0 Å². The second kappa shape index (κ2) is 4.97. The first-order valence-electron chi connectivity index (χ1n) is 5.70. The fourth-order valence-electron chi connectivity index (χ4n) is 1.70. The van der Waals surface area contributed by atoms with Crippen molar-refractivity contribution < 1.29 is 9.18 Å². The van der Waals surface area contributed by atoms with Gasteiger partial charge < -0.3 is 16.8 Å². The highest BCUT2D eigenvalue weighted by Gasteiger charge is 2.07. The lowest BCUT2D eigenvalue weighted by molar-refractivity contribution is 0.100. The van der Waals surface area contributed by atoms with Gasteiger partial charge in [0, 0.05) is 5.56 Å². The molecular formula is C14H14FN3O. The Balaban J connectivity index is 2.31. The molecule has 4 nitrogen and oxygen atoms in total. The number of benzene rings is 2. The highest BCUT2D eigenvalue weighted by Crippen LogP contribution is 2.26. The number of hydrogen-bond donors (Lipinski definition) is 3. The van der Waals surface area contributed by atoms with Gasteiger partial charge in [0.05, 0.1) is 17.1 Å². The molecule has 0 unspecified atom stereocenters. The molecule has 0 spiro atoms. The monoisotopic (exact) mass is 259 g/mol. The van der Waals surface area contributed by atoms with E-state index in [0.29, 0.717) is 22.6 Å². The number of aryl methyl sites for hydroxylation is 1. The first kappa shape index (κ1) is 12.9. The molecule has 0 radical (unpaired) electrons. The van der Waals surface area contributed by atoms with Gasteiger partial charge in [-0.2, -0.15) is 0 Å². The summed E-state index contributed by atoms with van der Waals surface area (Å²) in [4.78, 5) is 11.0. The predicted molar refractivity (Wildman–Crippen MR) is 73.8 cm³/mol. The number of nitrogens with one attached hydrogen (secondary N) is 1. The molecule has 0 atom stereocenters. The minimum absolute atomic E-state index is 0.312. The Kier molecular flexibility index (Phi) is 3.37. The zero-order chi connectivity index (χ0) is 14.0. The zero-order valence-corrected chi connectivity index (χ0v) is 10.4. The number of halogens is 1. The fraction of sp³-hybridized carbons (Fsp3) is 0.0714. The van der Waals surface area contributed by atoms with Crippen molar-refractivity contribution in [3.05, 3.63) is 53.3 Å². The average molecular weight is 259 g/mol. The van der Waals surface area contributed by atoms with Crippen LogP contribution in [0.2, 0.25) is 0 Å². The van der Waals surface area contributed by atoms with E-state index in [4.69, 9.17) is 11.5 Å². The van der Waals surface area contributed by atoms with Crippen molar-refractivity contribution in [3.8, 4) is 0 Å². The van der Waals surface area contributed by atoms with Crippen LogP contribution in [-0.2, 0) is 0 Å². The van der Waals surface area contributed by atoms with Crippen LogP contribution in [0.15, 0.2) is 36.4 Å². The summed E-state index contributed by atoms with van der Waals surface area (Å²) in [6.45, 7) is 1.81. The molecule has 0 aliphatic heterocycles. The van der Waals surface area contributed by atoms with Gasteiger partial charge in [-0.1, -0.05) is 6.07 Å². The summed E-state index contributed by atoms with van der Waals surface area (Å²) >= 11 is 0. The van der Waals surface area contributed by atoms with Gasteiger partial charge in [0.2, 0.25) is 5.91 Å². The van der Waals surface area contributed by atoms with Crippen LogP contribution in [0.3, 0.4) is 0 Å². The zero-order valence-electron chi connectivity index (χ0n) is 10.4. The number of rotatable bonds is 3. The standard InChI is InChI=1S/C14H14FN3O/c1-8-2-4-12(10(15)6-8)18-13-5-3-9(14(17)19)7-11(13)16/h2-7,18H,16H2,1H3,(H2,17,19). The van der Waals surface area contributed by atoms with E-state index in [2.05, 4.69) is 5.32 Å². The first-order chi connectivity index (χ1) is 8.97. The summed E-state index contributed by atoms with van der Waals surface area (Å²) < 4.78 is 13.7. The van der Waals surface area contributed by atoms with E-state index in [1.165, 1.54) is 18.2 Å². The number of carbonyl (C=O) groups excluding carboxylic acids is 1. The van der Waals surface area contributed by atoms with Crippen LogP contribution in [-0.4, -0.2) is 5.91 Å². The van der Waals surface area contributed by atoms with E-state index in [1.54, 1.807) is 18.2 Å². The van der Waals surface area contributed by atoms with Gasteiger partial charge in [-0.05, 0) is 42.8 Å². The van der Waals surface area contributed by atoms with Gasteiger partial charge in [0.25, 0.3) is 0 Å². The van der Waals surface area contributed by atoms with Crippen molar-refractivity contribution in [2.75, 3.05) is 11.1 Å². The maximum Gasteiger partial charge on any atom is 0.248 e. The van der Waals surface area contributed by atoms with Gasteiger partial charge >= 0.3 is 0 Å². The SMILES string of the molecule is Cc1ccc(Nc2ccc(C(N)=O)cc2N)c(F)c1. The molecule has 98 valence electrons. The molecule has 5 heteroatoms. The highest BCUT2D eigenvalue weighted by molar-refractivity contribution is 5.95. The number of amides is 1. The molecule has 0 aromatic heterocycles. The minimum Gasteiger partial charge on any atom is -0.397 e. The second-order valence-electron chi connectivity index (χ2n) is 4.27. The number of carbonyl (C=O) groups is 1. The number of anilines is 3. The van der Waals surface area contributed by atoms with Crippen molar-refractivity contribution in [3.63, 3.8) is 0 Å². The Bertz CT molecular complexity index is 641. The topological polar surface area (TPSA) is 81.1 Å². The molecule has 5 N–H and O–H groups in total. The van der Waals surface area contributed by atoms with Crippen LogP contribution in [0.25, 0.3) is 0 Å². The summed E-state index contributed by atoms with van der Waals surface area (Å²) in [6, 6.07) is 9.43. The second-order valence-corrected chi connectivity index (χ2v) is 4.27. The average Bonchev–Trinajstić information content (AvgIpc) is 2.34. The summed E-state index contributed by atoms with van der Waals surface area (Å²) in [5.74, 6) is -0.918. The third-order valence-electron chi connectivity index (χ3n) is 2.73. The van der Waals surface area contributed by atoms with Crippen molar-refractivity contribution in [1.82, 2.24) is 0 Å². The van der Waals surface area contributed by atoms with E-state index < -0.39 is 5.91 Å². The molecule has 0 heterocycles. The third-order valence-corrected chi connectivity index (χ3v) is 2.73. The van der Waals surface area contributed by atoms with Crippen LogP contribution in [0.4, 0.5) is 21.5 Å². The van der Waals surface area contributed by atoms with E-state index in [0.717, 1.165) is 5.56 Å². The van der Waals surface area contributed by atoms with Crippen LogP contribution < -0.4 is 16.8 Å². The van der Waals surface area contributed by atoms with E-state index in [-0.39, 0.29) is 5.82 Å². The smallest absolute Gasteiger partial charge is 0.248 e. The molecule has 2 aromatic rings. The quantitative estimate of drug-likeness (QED) is 0.741. The largest absolute Gasteiger partial charge is 0.397 e. The normalized spacial score (nSPS) is 10.2. The molecule has 0 aliphatic carbocycles. The molecule has 19 heavy (non-hydrogen) atoms. The molecule has 1 amide bonds. The molecule has 0 saturated heterocycles. The Labute approximate surface area is 110 Å². The Morgan fingerprint density at radius 2 is 1.84 bits per heavy atom. The lowest BCUT2D eigenvalue weighted by Gasteiger charge is -2.11. The summed E-state index contributed by atoms with van der Waals surface area (Å²) in [7, 11) is 0. The lowest BCUT2D eigenvalue weighted by atomic mass is 10.1. The number of nitrogens with two attached hydrogens (primary N) is 2. The number of hydrogen-bond acceptors (Lipinski definition) is 3. The maximum absolute atomic E-state index is 13.7. The Morgan fingerprint density at radius 3 is 2.42 bits per heavy atom. The molecule has 0 saturated carbocycles. The number of primary amides is 1. The van der Waals surface area contributed by atoms with Crippen molar-refractivity contribution in [2.45, 2.75) is 6.92 Å². The van der Waals surface area contributed by atoms with Crippen molar-refractivity contribution in [1.29, 1.82) is 0 Å². The highest BCUT2D eigenvalue weighted by atomic mass is 19.1. The van der Waals surface area contributed by atoms with E-state index >= 15 is 0 Å². The van der Waals surface area contributed by atoms with E-state index in [1.807, 2.05) is 6.92 Å². The number of nitrogen functional groups attached to an aromatic ring is 1. The summed E-state index contributed by atoms with van der Waals surface area (Å²) in [5, 5.41) is 2.88. The van der Waals surface area contributed by atoms with Crippen LogP contribution in [0, 0.1) is 12.7 Å². The molecule has 0 fully saturated rings. The van der Waals surface area contributed by atoms with Gasteiger partial charge in [-0.3, -0.25) is 4.79 Å². The maximum atomic E-state index is 13.7. The van der Waals surface area contributed by atoms with Crippen LogP contribution in [0.1, 0.15) is 15.9 Å². The molecular weight excluding hydrogens is 245 g/mol. The first-order valence-corrected chi connectivity index (χ1v) is 5.70. The summed E-state index contributed by atoms with van der Waals surface area (Å²) in [6.07, 6.45) is 0. The van der Waals surface area contributed by atoms with Crippen molar-refractivity contribution >= 4 is 23.0 Å². The van der Waals surface area contributed by atoms with Gasteiger partial charge in [0.1, 0.15) is 5.82 Å². The minimum atomic E-state index is -0.556. The molecule has 2 rings (SSSR count). The van der Waals surface area contributed by atoms with Crippen LogP contribution >= 0.6 is 0 Å². The molecule has 0 bridgehead atoms. The molecule has 0 aliphatic rings. The molecule has 2 aromatic carbocycles. The lowest BCUT2D eigenvalue weighted by Crippen LogP contribution is -2.11. The predicted octanol–water partition coefficient (Wildman–Crippen LogP) is 2.56. The van der Waals surface area contributed by atoms with Crippen LogP contribution in [0.5, 0.6) is 0 Å². The van der Waals surface area contributed by atoms with Crippen molar-refractivity contribution in [2.24, 2.45) is 5.73 Å². The Morgan fingerprint density at radius 1 is 1.16 bits per heavy atom. The van der Waals surface area contributed by atoms with Gasteiger partial charge in [-0.15, -0.1) is 0 Å². The third kappa shape index (κ3) is 2.82.